The smallest absolute Gasteiger partial charge is 0.305 e. The number of allylic oxidation sites excluding steroid dienone is 3. The van der Waals surface area contributed by atoms with Crippen LogP contribution in [-0.2, 0) is 28.5 Å². The number of carboxylic acid groups (broad SMARTS) is 1. The molecule has 0 radical (unpaired) electrons. The number of carbonyl (C=O) groups is 2. The summed E-state index contributed by atoms with van der Waals surface area (Å²) in [7, 11) is 1.64. The van der Waals surface area contributed by atoms with E-state index in [0.29, 0.717) is 11.8 Å². The lowest BCUT2D eigenvalue weighted by Gasteiger charge is -2.35. The molecule has 0 saturated carbocycles. The van der Waals surface area contributed by atoms with E-state index in [0.717, 1.165) is 24.8 Å². The van der Waals surface area contributed by atoms with Gasteiger partial charge in [-0.2, -0.15) is 0 Å². The van der Waals surface area contributed by atoms with E-state index in [9.17, 15) is 9.59 Å². The lowest BCUT2D eigenvalue weighted by Crippen LogP contribution is -2.39. The number of epoxide rings is 1. The third-order valence-corrected chi connectivity index (χ3v) is 7.20. The van der Waals surface area contributed by atoms with Gasteiger partial charge in [-0.3, -0.25) is 9.59 Å². The second-order valence-corrected chi connectivity index (χ2v) is 10.5. The Morgan fingerprint density at radius 1 is 1.21 bits per heavy atom. The summed E-state index contributed by atoms with van der Waals surface area (Å²) in [5, 5.41) is 9.07. The molecule has 0 bridgehead atoms. The number of carbonyl (C=O) groups excluding carboxylic acids is 1. The zero-order valence-corrected chi connectivity index (χ0v) is 22.1. The Labute approximate surface area is 204 Å². The molecule has 1 N–H and O–H groups in total. The molecule has 0 aromatic carbocycles. The van der Waals surface area contributed by atoms with Crippen LogP contribution in [0.4, 0.5) is 0 Å². The number of carboxylic acids is 1. The van der Waals surface area contributed by atoms with Crippen LogP contribution in [0.1, 0.15) is 74.1 Å². The molecule has 2 fully saturated rings. The van der Waals surface area contributed by atoms with E-state index < -0.39 is 5.97 Å². The molecule has 7 nitrogen and oxygen atoms in total. The lowest BCUT2D eigenvalue weighted by molar-refractivity contribution is -0.154. The van der Waals surface area contributed by atoms with Gasteiger partial charge in [-0.25, -0.2) is 0 Å². The summed E-state index contributed by atoms with van der Waals surface area (Å²) in [5.41, 5.74) is 0.883. The summed E-state index contributed by atoms with van der Waals surface area (Å²) >= 11 is 0. The van der Waals surface area contributed by atoms with Crippen molar-refractivity contribution in [2.75, 3.05) is 7.11 Å². The quantitative estimate of drug-likeness (QED) is 0.240. The van der Waals surface area contributed by atoms with Crippen molar-refractivity contribution in [1.82, 2.24) is 0 Å². The molecule has 4 unspecified atom stereocenters. The normalized spacial score (nSPS) is 33.2. The Morgan fingerprint density at radius 3 is 2.47 bits per heavy atom. The minimum absolute atomic E-state index is 0.0437. The van der Waals surface area contributed by atoms with Crippen molar-refractivity contribution in [3.8, 4) is 0 Å². The highest BCUT2D eigenvalue weighted by atomic mass is 16.6. The van der Waals surface area contributed by atoms with Gasteiger partial charge in [0.05, 0.1) is 36.4 Å². The van der Waals surface area contributed by atoms with Crippen molar-refractivity contribution >= 4 is 11.9 Å². The second-order valence-electron chi connectivity index (χ2n) is 10.5. The Hall–Kier alpha value is -1.70. The maximum Gasteiger partial charge on any atom is 0.305 e. The van der Waals surface area contributed by atoms with Crippen molar-refractivity contribution in [3.05, 3.63) is 23.8 Å². The summed E-state index contributed by atoms with van der Waals surface area (Å²) in [6, 6.07) is 0. The second kappa shape index (κ2) is 12.3. The summed E-state index contributed by atoms with van der Waals surface area (Å²) in [5.74, 6) is -0.353. The first-order valence-electron chi connectivity index (χ1n) is 12.5. The first-order valence-corrected chi connectivity index (χ1v) is 12.5. The van der Waals surface area contributed by atoms with Crippen molar-refractivity contribution in [2.45, 2.75) is 110 Å². The first-order chi connectivity index (χ1) is 15.9. The number of esters is 1. The first kappa shape index (κ1) is 28.5. The van der Waals surface area contributed by atoms with Crippen LogP contribution in [0.3, 0.4) is 0 Å². The Morgan fingerprint density at radius 2 is 1.88 bits per heavy atom. The highest BCUT2D eigenvalue weighted by molar-refractivity contribution is 5.67. The van der Waals surface area contributed by atoms with E-state index in [-0.39, 0.29) is 54.4 Å². The maximum absolute atomic E-state index is 11.3. The molecule has 2 rings (SSSR count). The maximum atomic E-state index is 11.3. The van der Waals surface area contributed by atoms with Crippen LogP contribution < -0.4 is 0 Å². The van der Waals surface area contributed by atoms with Gasteiger partial charge in [-0.15, -0.1) is 0 Å². The molecule has 2 saturated heterocycles. The zero-order valence-electron chi connectivity index (χ0n) is 22.1. The molecule has 2 aliphatic heterocycles. The topological polar surface area (TPSA) is 94.6 Å². The van der Waals surface area contributed by atoms with Crippen molar-refractivity contribution < 1.29 is 33.6 Å². The fraction of sp³-hybridized carbons (Fsp3) is 0.778. The molecule has 2 heterocycles. The fourth-order valence-corrected chi connectivity index (χ4v) is 5.53. The highest BCUT2D eigenvalue weighted by Crippen LogP contribution is 2.47. The number of hydrogen-bond acceptors (Lipinski definition) is 6. The van der Waals surface area contributed by atoms with Gasteiger partial charge >= 0.3 is 11.9 Å². The van der Waals surface area contributed by atoms with Crippen LogP contribution in [0.25, 0.3) is 0 Å². The van der Waals surface area contributed by atoms with E-state index in [1.807, 2.05) is 6.92 Å². The summed E-state index contributed by atoms with van der Waals surface area (Å²) in [6.07, 6.45) is 8.26. The number of methoxy groups -OCH3 is 1. The standard InChI is InChI=1S/C27H44O7/c1-16(10-9-11-17(2)24-18(3)12-13-22(33-24)14-23(29)30)15-27(7)26(34-27)19(4)25(31-8)20(5)32-21(6)28/h9-11,16,18-20,22,24-26H,12-15H2,1-8H3,(H,29,30)/b10-9+,17-11+/t16?,18-,19?,20?,22+,24+,25?,26+,27+/m0/s1. The van der Waals surface area contributed by atoms with Crippen LogP contribution in [-0.4, -0.2) is 60.3 Å². The lowest BCUT2D eigenvalue weighted by atomic mass is 9.85. The van der Waals surface area contributed by atoms with Gasteiger partial charge < -0.3 is 24.1 Å². The minimum atomic E-state index is -0.810. The van der Waals surface area contributed by atoms with Crippen LogP contribution >= 0.6 is 0 Å². The van der Waals surface area contributed by atoms with Gasteiger partial charge in [-0.05, 0) is 57.4 Å². The third kappa shape index (κ3) is 7.92. The molecule has 0 aliphatic carbocycles. The van der Waals surface area contributed by atoms with Gasteiger partial charge in [0.15, 0.2) is 0 Å². The molecule has 0 amide bonds. The number of rotatable bonds is 12. The highest BCUT2D eigenvalue weighted by Gasteiger charge is 2.57. The van der Waals surface area contributed by atoms with Gasteiger partial charge in [0, 0.05) is 20.0 Å². The SMILES string of the molecule is COC(C(C)OC(C)=O)C(C)[C@H]1O[C@]1(C)CC(C)/C=C/C=C(\C)[C@H]1O[C@@H](CC(=O)O)CC[C@@H]1C. The average Bonchev–Trinajstić information content (AvgIpc) is 3.39. The van der Waals surface area contributed by atoms with Crippen LogP contribution in [0.2, 0.25) is 0 Å². The van der Waals surface area contributed by atoms with E-state index in [1.54, 1.807) is 7.11 Å². The van der Waals surface area contributed by atoms with Gasteiger partial charge in [0.2, 0.25) is 0 Å². The molecule has 34 heavy (non-hydrogen) atoms. The predicted molar refractivity (Wildman–Crippen MR) is 130 cm³/mol. The molecular weight excluding hydrogens is 436 g/mol. The molecule has 0 aromatic rings. The molecule has 0 aromatic heterocycles. The molecular formula is C27H44O7. The summed E-state index contributed by atoms with van der Waals surface area (Å²) < 4.78 is 23.2. The van der Waals surface area contributed by atoms with E-state index in [1.165, 1.54) is 6.92 Å². The van der Waals surface area contributed by atoms with E-state index >= 15 is 0 Å². The van der Waals surface area contributed by atoms with Crippen molar-refractivity contribution in [2.24, 2.45) is 17.8 Å². The summed E-state index contributed by atoms with van der Waals surface area (Å²) in [6.45, 7) is 13.9. The number of ether oxygens (including phenoxy) is 4. The van der Waals surface area contributed by atoms with Gasteiger partial charge in [0.25, 0.3) is 0 Å². The van der Waals surface area contributed by atoms with Crippen LogP contribution in [0, 0.1) is 17.8 Å². The van der Waals surface area contributed by atoms with Crippen molar-refractivity contribution in [3.63, 3.8) is 0 Å². The number of hydrogen-bond donors (Lipinski definition) is 1. The Kier molecular flexibility index (Phi) is 10.3. The predicted octanol–water partition coefficient (Wildman–Crippen LogP) is 4.93. The van der Waals surface area contributed by atoms with E-state index in [2.05, 4.69) is 52.8 Å². The summed E-state index contributed by atoms with van der Waals surface area (Å²) in [4.78, 5) is 22.4. The number of aliphatic carboxylic acids is 1. The zero-order chi connectivity index (χ0) is 25.6. The monoisotopic (exact) mass is 480 g/mol. The average molecular weight is 481 g/mol. The van der Waals surface area contributed by atoms with Crippen LogP contribution in [0.15, 0.2) is 23.8 Å². The Balaban J connectivity index is 1.90. The molecule has 9 atom stereocenters. The van der Waals surface area contributed by atoms with Gasteiger partial charge in [-0.1, -0.05) is 39.0 Å². The third-order valence-electron chi connectivity index (χ3n) is 7.20. The largest absolute Gasteiger partial charge is 0.481 e. The van der Waals surface area contributed by atoms with Crippen molar-refractivity contribution in [1.29, 1.82) is 0 Å². The fourth-order valence-electron chi connectivity index (χ4n) is 5.53. The van der Waals surface area contributed by atoms with Crippen LogP contribution in [0.5, 0.6) is 0 Å². The Bertz CT molecular complexity index is 760. The molecule has 0 spiro atoms. The molecule has 194 valence electrons. The molecule has 7 heteroatoms. The van der Waals surface area contributed by atoms with E-state index in [4.69, 9.17) is 24.1 Å². The minimum Gasteiger partial charge on any atom is -0.481 e. The molecule has 2 aliphatic rings. The van der Waals surface area contributed by atoms with Gasteiger partial charge in [0.1, 0.15) is 6.10 Å².